The van der Waals surface area contributed by atoms with Gasteiger partial charge in [0.1, 0.15) is 19.3 Å². The Morgan fingerprint density at radius 3 is 0.844 bits per heavy atom. The molecule has 0 aliphatic heterocycles. The first kappa shape index (κ1) is 88.1. The summed E-state index contributed by atoms with van der Waals surface area (Å²) < 4.78 is 68.3. The number of phosphoric acid groups is 2. The van der Waals surface area contributed by atoms with E-state index in [1.807, 2.05) is 0 Å². The van der Waals surface area contributed by atoms with Gasteiger partial charge >= 0.3 is 39.5 Å². The van der Waals surface area contributed by atoms with E-state index in [2.05, 4.69) is 41.5 Å². The van der Waals surface area contributed by atoms with Crippen LogP contribution in [0.3, 0.4) is 0 Å². The number of rotatable bonds is 70. The molecule has 0 saturated carbocycles. The van der Waals surface area contributed by atoms with Crippen LogP contribution in [-0.2, 0) is 65.4 Å². The van der Waals surface area contributed by atoms with Crippen LogP contribution >= 0.6 is 15.6 Å². The maximum atomic E-state index is 13.0. The number of phosphoric ester groups is 2. The number of unbranched alkanes of at least 4 members (excludes halogenated alkanes) is 39. The lowest BCUT2D eigenvalue weighted by Gasteiger charge is -2.21. The quantitative estimate of drug-likeness (QED) is 0.0222. The first-order valence-electron chi connectivity index (χ1n) is 37.0. The third kappa shape index (κ3) is 63.5. The molecule has 0 aromatic carbocycles. The Labute approximate surface area is 549 Å². The van der Waals surface area contributed by atoms with Gasteiger partial charge in [-0.15, -0.1) is 0 Å². The second kappa shape index (κ2) is 63.1. The minimum absolute atomic E-state index is 0.106. The SMILES string of the molecule is CCCCCCCCCCCCCCCCCCCC(=O)O[C@H](COC(=O)CCCCCCCCCCC(C)CC)COP(=O)(O)OC[C@@H](O)COP(=O)(O)OC[C@@H](COC(=O)CCCCCCCCC(C)C)OC(=O)CCCCCCCCCCCCCC. The molecular formula is C71H138O17P2. The highest BCUT2D eigenvalue weighted by molar-refractivity contribution is 7.47. The molecule has 0 amide bonds. The molecular weight excluding hydrogens is 1190 g/mol. The van der Waals surface area contributed by atoms with Gasteiger partial charge in [0.05, 0.1) is 26.4 Å². The van der Waals surface area contributed by atoms with Gasteiger partial charge in [-0.25, -0.2) is 9.13 Å². The summed E-state index contributed by atoms with van der Waals surface area (Å²) in [4.78, 5) is 72.5. The molecule has 0 heterocycles. The lowest BCUT2D eigenvalue weighted by atomic mass is 9.99. The van der Waals surface area contributed by atoms with E-state index in [-0.39, 0.29) is 25.7 Å². The van der Waals surface area contributed by atoms with E-state index >= 15 is 0 Å². The second-order valence-electron chi connectivity index (χ2n) is 26.3. The molecule has 90 heavy (non-hydrogen) atoms. The fraction of sp³-hybridized carbons (Fsp3) is 0.944. The molecule has 0 rings (SSSR count). The summed E-state index contributed by atoms with van der Waals surface area (Å²) in [6.45, 7) is 9.48. The van der Waals surface area contributed by atoms with E-state index in [1.54, 1.807) is 0 Å². The maximum Gasteiger partial charge on any atom is 0.472 e. The zero-order valence-corrected chi connectivity index (χ0v) is 60.2. The molecule has 0 bridgehead atoms. The smallest absolute Gasteiger partial charge is 0.462 e. The van der Waals surface area contributed by atoms with Crippen LogP contribution in [0.1, 0.15) is 363 Å². The molecule has 0 saturated heterocycles. The molecule has 0 aliphatic carbocycles. The van der Waals surface area contributed by atoms with Crippen molar-refractivity contribution < 1.29 is 80.2 Å². The standard InChI is InChI=1S/C71H138O17P2/c1-7-10-12-14-16-18-20-22-23-24-25-26-28-30-36-44-50-56-71(76)87-66(59-81-68(73)53-47-41-34-32-31-33-40-46-52-64(6)9-3)61-85-89(77,78)83-57-65(72)58-84-90(79,80)86-62-67(60-82-69(74)54-48-42-38-37-39-45-51-63(4)5)88-70(75)55-49-43-35-29-27-21-19-17-15-13-11-8-2/h63-67,72H,7-62H2,1-6H3,(H,77,78)(H,79,80)/t64?,65-,66-,67-/m1/s1. The van der Waals surface area contributed by atoms with E-state index < -0.39 is 97.5 Å². The van der Waals surface area contributed by atoms with Crippen molar-refractivity contribution in [2.75, 3.05) is 39.6 Å². The highest BCUT2D eigenvalue weighted by Crippen LogP contribution is 2.45. The van der Waals surface area contributed by atoms with Crippen LogP contribution in [0, 0.1) is 11.8 Å². The fourth-order valence-corrected chi connectivity index (χ4v) is 12.3. The van der Waals surface area contributed by atoms with Crippen LogP contribution in [0.15, 0.2) is 0 Å². The second-order valence-corrected chi connectivity index (χ2v) is 29.3. The largest absolute Gasteiger partial charge is 0.472 e. The van der Waals surface area contributed by atoms with Crippen molar-refractivity contribution in [2.24, 2.45) is 11.8 Å². The molecule has 3 unspecified atom stereocenters. The van der Waals surface area contributed by atoms with Crippen LogP contribution < -0.4 is 0 Å². The van der Waals surface area contributed by atoms with Gasteiger partial charge in [-0.2, -0.15) is 0 Å². The zero-order valence-electron chi connectivity index (χ0n) is 58.4. The molecule has 6 atom stereocenters. The third-order valence-electron chi connectivity index (χ3n) is 16.8. The van der Waals surface area contributed by atoms with Crippen molar-refractivity contribution in [3.05, 3.63) is 0 Å². The Balaban J connectivity index is 5.23. The average Bonchev–Trinajstić information content (AvgIpc) is 2.83. The molecule has 0 radical (unpaired) electrons. The molecule has 0 aromatic rings. The number of esters is 4. The number of carbonyl (C=O) groups excluding carboxylic acids is 4. The van der Waals surface area contributed by atoms with Crippen molar-refractivity contribution in [2.45, 2.75) is 381 Å². The summed E-state index contributed by atoms with van der Waals surface area (Å²) in [5.74, 6) is -0.667. The van der Waals surface area contributed by atoms with Crippen LogP contribution in [0.4, 0.5) is 0 Å². The van der Waals surface area contributed by atoms with E-state index in [0.717, 1.165) is 102 Å². The van der Waals surface area contributed by atoms with Crippen LogP contribution in [0.5, 0.6) is 0 Å². The normalized spacial score (nSPS) is 14.4. The molecule has 19 heteroatoms. The molecule has 0 spiro atoms. The Morgan fingerprint density at radius 1 is 0.322 bits per heavy atom. The Hall–Kier alpha value is -1.94. The molecule has 0 fully saturated rings. The van der Waals surface area contributed by atoms with Gasteiger partial charge in [-0.1, -0.05) is 311 Å². The molecule has 0 aliphatic rings. The Morgan fingerprint density at radius 2 is 0.567 bits per heavy atom. The monoisotopic (exact) mass is 1320 g/mol. The van der Waals surface area contributed by atoms with Gasteiger partial charge in [0, 0.05) is 25.7 Å². The number of ether oxygens (including phenoxy) is 4. The maximum absolute atomic E-state index is 13.0. The van der Waals surface area contributed by atoms with Crippen molar-refractivity contribution in [3.8, 4) is 0 Å². The number of carbonyl (C=O) groups is 4. The summed E-state index contributed by atoms with van der Waals surface area (Å²) in [6, 6.07) is 0. The van der Waals surface area contributed by atoms with Crippen molar-refractivity contribution in [1.29, 1.82) is 0 Å². The van der Waals surface area contributed by atoms with Crippen molar-refractivity contribution in [1.82, 2.24) is 0 Å². The lowest BCUT2D eigenvalue weighted by molar-refractivity contribution is -0.161. The Kier molecular flexibility index (Phi) is 61.8. The van der Waals surface area contributed by atoms with Crippen molar-refractivity contribution >= 4 is 39.5 Å². The fourth-order valence-electron chi connectivity index (χ4n) is 10.7. The lowest BCUT2D eigenvalue weighted by Crippen LogP contribution is -2.30. The highest BCUT2D eigenvalue weighted by Gasteiger charge is 2.30. The van der Waals surface area contributed by atoms with Crippen LogP contribution in [0.2, 0.25) is 0 Å². The predicted molar refractivity (Wildman–Crippen MR) is 363 cm³/mol. The van der Waals surface area contributed by atoms with Gasteiger partial charge in [0.25, 0.3) is 0 Å². The summed E-state index contributed by atoms with van der Waals surface area (Å²) >= 11 is 0. The first-order chi connectivity index (χ1) is 43.4. The van der Waals surface area contributed by atoms with Gasteiger partial charge in [-0.05, 0) is 37.5 Å². The van der Waals surface area contributed by atoms with Crippen molar-refractivity contribution in [3.63, 3.8) is 0 Å². The van der Waals surface area contributed by atoms with E-state index in [0.29, 0.717) is 31.6 Å². The van der Waals surface area contributed by atoms with Gasteiger partial charge in [0.2, 0.25) is 0 Å². The van der Waals surface area contributed by atoms with Crippen LogP contribution in [0.25, 0.3) is 0 Å². The van der Waals surface area contributed by atoms with Gasteiger partial charge < -0.3 is 33.8 Å². The number of aliphatic hydroxyl groups excluding tert-OH is 1. The molecule has 17 nitrogen and oxygen atoms in total. The number of hydrogen-bond donors (Lipinski definition) is 3. The topological polar surface area (TPSA) is 237 Å². The summed E-state index contributed by atoms with van der Waals surface area (Å²) in [7, 11) is -9.90. The van der Waals surface area contributed by atoms with E-state index in [9.17, 15) is 43.2 Å². The van der Waals surface area contributed by atoms with Gasteiger partial charge in [-0.3, -0.25) is 37.3 Å². The summed E-state index contributed by atoms with van der Waals surface area (Å²) in [5, 5.41) is 10.6. The minimum atomic E-state index is -4.95. The van der Waals surface area contributed by atoms with Crippen LogP contribution in [-0.4, -0.2) is 96.7 Å². The molecule has 3 N–H and O–H groups in total. The number of aliphatic hydroxyl groups is 1. The number of hydrogen-bond acceptors (Lipinski definition) is 15. The minimum Gasteiger partial charge on any atom is -0.462 e. The van der Waals surface area contributed by atoms with Gasteiger partial charge in [0.15, 0.2) is 12.2 Å². The average molecular weight is 1330 g/mol. The van der Waals surface area contributed by atoms with E-state index in [4.69, 9.17) is 37.0 Å². The molecule has 0 aromatic heterocycles. The Bertz CT molecular complexity index is 1750. The summed E-state index contributed by atoms with van der Waals surface area (Å²) in [6.07, 6.45) is 48.6. The highest BCUT2D eigenvalue weighted by atomic mass is 31.2. The zero-order chi connectivity index (χ0) is 66.5. The summed E-state index contributed by atoms with van der Waals surface area (Å²) in [5.41, 5.74) is 0. The van der Waals surface area contributed by atoms with E-state index in [1.165, 1.54) is 173 Å². The molecule has 534 valence electrons. The first-order valence-corrected chi connectivity index (χ1v) is 40.0. The third-order valence-corrected chi connectivity index (χ3v) is 18.7. The predicted octanol–water partition coefficient (Wildman–Crippen LogP) is 20.4.